The number of hydrogen-bond acceptors (Lipinski definition) is 5. The molecule has 0 spiro atoms. The smallest absolute Gasteiger partial charge is 0.337 e. The van der Waals surface area contributed by atoms with Gasteiger partial charge in [0.15, 0.2) is 5.84 Å². The van der Waals surface area contributed by atoms with E-state index in [9.17, 15) is 9.59 Å². The number of carbonyl (C=O) groups is 2. The third kappa shape index (κ3) is 3.91. The highest BCUT2D eigenvalue weighted by Gasteiger charge is 2.35. The summed E-state index contributed by atoms with van der Waals surface area (Å²) in [7, 11) is 1.34. The first-order valence-electron chi connectivity index (χ1n) is 10.5. The lowest BCUT2D eigenvalue weighted by Crippen LogP contribution is -2.32. The van der Waals surface area contributed by atoms with E-state index in [1.165, 1.54) is 18.4 Å². The average molecular weight is 487 g/mol. The summed E-state index contributed by atoms with van der Waals surface area (Å²) in [4.78, 5) is 32.4. The molecule has 0 fully saturated rings. The second-order valence-electron chi connectivity index (χ2n) is 7.80. The summed E-state index contributed by atoms with van der Waals surface area (Å²) in [5.41, 5.74) is 3.22. The van der Waals surface area contributed by atoms with Gasteiger partial charge in [0.05, 0.1) is 28.3 Å². The molecule has 0 saturated carbocycles. The van der Waals surface area contributed by atoms with Crippen molar-refractivity contribution in [2.75, 3.05) is 12.0 Å². The van der Waals surface area contributed by atoms with Gasteiger partial charge in [-0.15, -0.1) is 11.3 Å². The number of fused-ring (bicyclic) bond motifs is 1. The highest BCUT2D eigenvalue weighted by molar-refractivity contribution is 7.21. The molecule has 0 N–H and O–H groups in total. The number of carbonyl (C=O) groups excluding carboxylic acids is 2. The number of thiophene rings is 1. The minimum atomic E-state index is -0.415. The number of hydrogen-bond donors (Lipinski definition) is 0. The molecule has 1 aliphatic rings. The number of aryl methyl sites for hydroxylation is 1. The van der Waals surface area contributed by atoms with Crippen LogP contribution in [0.4, 0.5) is 5.69 Å². The summed E-state index contributed by atoms with van der Waals surface area (Å²) in [5, 5.41) is 1.51. The van der Waals surface area contributed by atoms with Crippen LogP contribution < -0.4 is 4.90 Å². The first kappa shape index (κ1) is 22.1. The third-order valence-electron chi connectivity index (χ3n) is 5.49. The number of amides is 1. The number of rotatable bonds is 4. The molecule has 5 rings (SSSR count). The molecule has 0 aliphatic carbocycles. The molecule has 5 nitrogen and oxygen atoms in total. The fraction of sp³-hybridized carbons (Fsp3) is 0.0741. The Morgan fingerprint density at radius 2 is 1.82 bits per heavy atom. The van der Waals surface area contributed by atoms with Crippen LogP contribution in [0, 0.1) is 6.92 Å². The number of aliphatic imine (C=N–C) groups is 1. The zero-order valence-corrected chi connectivity index (χ0v) is 20.0. The number of amidine groups is 1. The topological polar surface area (TPSA) is 59.0 Å². The molecule has 1 aromatic heterocycles. The minimum Gasteiger partial charge on any atom is -0.465 e. The summed E-state index contributed by atoms with van der Waals surface area (Å²) in [6.07, 6.45) is 1.71. The number of methoxy groups -OCH3 is 1. The Morgan fingerprint density at radius 3 is 2.53 bits per heavy atom. The average Bonchev–Trinajstić information content (AvgIpc) is 3.35. The molecule has 0 saturated heterocycles. The number of nitrogens with zero attached hydrogens (tertiary/aromatic N) is 2. The second kappa shape index (κ2) is 8.89. The normalized spacial score (nSPS) is 14.7. The zero-order chi connectivity index (χ0) is 23.8. The largest absolute Gasteiger partial charge is 0.465 e. The molecule has 1 amide bonds. The molecule has 168 valence electrons. The van der Waals surface area contributed by atoms with Crippen LogP contribution in [0.3, 0.4) is 0 Å². The molecule has 3 aromatic carbocycles. The molecular formula is C27H19ClN2O3S. The van der Waals surface area contributed by atoms with E-state index in [0.717, 1.165) is 31.8 Å². The molecule has 34 heavy (non-hydrogen) atoms. The van der Waals surface area contributed by atoms with Crippen molar-refractivity contribution in [2.45, 2.75) is 6.92 Å². The summed E-state index contributed by atoms with van der Waals surface area (Å²) in [5.74, 6) is -0.160. The molecule has 7 heteroatoms. The monoisotopic (exact) mass is 486 g/mol. The van der Waals surface area contributed by atoms with Gasteiger partial charge in [0.2, 0.25) is 0 Å². The van der Waals surface area contributed by atoms with E-state index in [1.807, 2.05) is 55.5 Å². The number of ether oxygens (including phenoxy) is 1. The Balaban J connectivity index is 1.63. The molecular weight excluding hydrogens is 468 g/mol. The van der Waals surface area contributed by atoms with Gasteiger partial charge < -0.3 is 4.74 Å². The summed E-state index contributed by atoms with van der Waals surface area (Å²) >= 11 is 8.27. The Kier molecular flexibility index (Phi) is 5.77. The lowest BCUT2D eigenvalue weighted by Gasteiger charge is -2.18. The molecule has 1 aliphatic heterocycles. The van der Waals surface area contributed by atoms with Crippen molar-refractivity contribution >= 4 is 62.5 Å². The van der Waals surface area contributed by atoms with E-state index in [4.69, 9.17) is 21.3 Å². The Bertz CT molecular complexity index is 1500. The van der Waals surface area contributed by atoms with Crippen LogP contribution in [0.1, 0.15) is 26.4 Å². The Morgan fingerprint density at radius 1 is 1.06 bits per heavy atom. The van der Waals surface area contributed by atoms with Crippen LogP contribution >= 0.6 is 22.9 Å². The molecule has 0 radical (unpaired) electrons. The number of anilines is 1. The third-order valence-corrected chi connectivity index (χ3v) is 7.16. The van der Waals surface area contributed by atoms with Crippen molar-refractivity contribution in [3.63, 3.8) is 0 Å². The predicted molar refractivity (Wildman–Crippen MR) is 138 cm³/mol. The van der Waals surface area contributed by atoms with Crippen molar-refractivity contribution in [2.24, 2.45) is 4.99 Å². The van der Waals surface area contributed by atoms with E-state index in [1.54, 1.807) is 35.2 Å². The first-order valence-corrected chi connectivity index (χ1v) is 11.7. The molecule has 4 aromatic rings. The van der Waals surface area contributed by atoms with Gasteiger partial charge in [-0.25, -0.2) is 9.79 Å². The standard InChI is InChI=1S/C27H19ClN2O3S/c1-16-6-5-7-19(14-16)30-25(24-23(28)20-8-3-4-9-22(20)34-24)29-21(26(30)31)15-17-10-12-18(13-11-17)27(32)33-2/h3-15H,1-2H3/b21-15+. The number of esters is 1. The Labute approximate surface area is 205 Å². The lowest BCUT2D eigenvalue weighted by atomic mass is 10.1. The highest BCUT2D eigenvalue weighted by atomic mass is 35.5. The number of benzene rings is 3. The van der Waals surface area contributed by atoms with Crippen molar-refractivity contribution in [3.8, 4) is 0 Å². The minimum absolute atomic E-state index is 0.244. The van der Waals surface area contributed by atoms with Crippen LogP contribution in [-0.2, 0) is 9.53 Å². The van der Waals surface area contributed by atoms with Crippen molar-refractivity contribution in [1.29, 1.82) is 0 Å². The first-order chi connectivity index (χ1) is 16.5. The highest BCUT2D eigenvalue weighted by Crippen LogP contribution is 2.39. The van der Waals surface area contributed by atoms with Crippen molar-refractivity contribution < 1.29 is 14.3 Å². The van der Waals surface area contributed by atoms with Gasteiger partial charge in [-0.1, -0.05) is 54.1 Å². The van der Waals surface area contributed by atoms with E-state index in [0.29, 0.717) is 16.4 Å². The van der Waals surface area contributed by atoms with Crippen LogP contribution in [0.15, 0.2) is 83.5 Å². The van der Waals surface area contributed by atoms with Crippen molar-refractivity contribution in [1.82, 2.24) is 0 Å². The fourth-order valence-corrected chi connectivity index (χ4v) is 5.32. The van der Waals surface area contributed by atoms with Crippen LogP contribution in [0.2, 0.25) is 5.02 Å². The number of halogens is 1. The van der Waals surface area contributed by atoms with Gasteiger partial charge in [-0.05, 0) is 54.5 Å². The Hall–Kier alpha value is -3.74. The maximum absolute atomic E-state index is 13.6. The quantitative estimate of drug-likeness (QED) is 0.245. The van der Waals surface area contributed by atoms with E-state index in [-0.39, 0.29) is 11.6 Å². The van der Waals surface area contributed by atoms with Gasteiger partial charge in [-0.2, -0.15) is 0 Å². The summed E-state index contributed by atoms with van der Waals surface area (Å²) in [6.45, 7) is 1.98. The predicted octanol–water partition coefficient (Wildman–Crippen LogP) is 6.48. The van der Waals surface area contributed by atoms with Crippen LogP contribution in [0.25, 0.3) is 16.2 Å². The van der Waals surface area contributed by atoms with Gasteiger partial charge in [0.1, 0.15) is 5.70 Å². The van der Waals surface area contributed by atoms with E-state index < -0.39 is 5.97 Å². The molecule has 2 heterocycles. The van der Waals surface area contributed by atoms with Gasteiger partial charge >= 0.3 is 5.97 Å². The van der Waals surface area contributed by atoms with Crippen molar-refractivity contribution in [3.05, 3.63) is 105 Å². The van der Waals surface area contributed by atoms with E-state index in [2.05, 4.69) is 0 Å². The molecule has 0 atom stereocenters. The van der Waals surface area contributed by atoms with Gasteiger partial charge in [-0.3, -0.25) is 9.69 Å². The summed E-state index contributed by atoms with van der Waals surface area (Å²) in [6, 6.07) is 22.4. The maximum atomic E-state index is 13.6. The van der Waals surface area contributed by atoms with Crippen LogP contribution in [0.5, 0.6) is 0 Å². The van der Waals surface area contributed by atoms with Crippen LogP contribution in [-0.4, -0.2) is 24.8 Å². The maximum Gasteiger partial charge on any atom is 0.337 e. The molecule has 0 bridgehead atoms. The van der Waals surface area contributed by atoms with Gasteiger partial charge in [0.25, 0.3) is 5.91 Å². The SMILES string of the molecule is COC(=O)c1ccc(/C=C2/N=C(c3sc4ccccc4c3Cl)N(c3cccc(C)c3)C2=O)cc1. The second-order valence-corrected chi connectivity index (χ2v) is 9.23. The lowest BCUT2D eigenvalue weighted by molar-refractivity contribution is -0.113. The zero-order valence-electron chi connectivity index (χ0n) is 18.4. The fourth-order valence-electron chi connectivity index (χ4n) is 3.82. The summed E-state index contributed by atoms with van der Waals surface area (Å²) < 4.78 is 5.78. The molecule has 0 unspecified atom stereocenters. The van der Waals surface area contributed by atoms with E-state index >= 15 is 0 Å². The van der Waals surface area contributed by atoms with Gasteiger partial charge in [0, 0.05) is 10.1 Å².